The van der Waals surface area contributed by atoms with Crippen molar-refractivity contribution in [1.82, 2.24) is 4.57 Å². The lowest BCUT2D eigenvalue weighted by atomic mass is 10.1. The van der Waals surface area contributed by atoms with Gasteiger partial charge in [0.25, 0.3) is 0 Å². The maximum absolute atomic E-state index is 5.55. The zero-order valence-electron chi connectivity index (χ0n) is 16.5. The van der Waals surface area contributed by atoms with Crippen molar-refractivity contribution < 1.29 is 4.74 Å². The van der Waals surface area contributed by atoms with Gasteiger partial charge in [-0.05, 0) is 62.6 Å². The SMILES string of the molecule is CCOc1ccc(-n2c(C)cc(C=Nc3cccc4ccccc34)c2C)cc1. The molecule has 0 aliphatic carbocycles. The number of hydrogen-bond donors (Lipinski definition) is 0. The summed E-state index contributed by atoms with van der Waals surface area (Å²) in [6.45, 7) is 6.93. The van der Waals surface area contributed by atoms with Crippen molar-refractivity contribution in [3.63, 3.8) is 0 Å². The van der Waals surface area contributed by atoms with E-state index in [0.29, 0.717) is 6.61 Å². The van der Waals surface area contributed by atoms with Crippen LogP contribution in [0, 0.1) is 13.8 Å². The molecule has 0 bridgehead atoms. The Balaban J connectivity index is 1.68. The Morgan fingerprint density at radius 3 is 2.46 bits per heavy atom. The lowest BCUT2D eigenvalue weighted by molar-refractivity contribution is 0.340. The number of aryl methyl sites for hydroxylation is 1. The highest BCUT2D eigenvalue weighted by molar-refractivity contribution is 5.95. The van der Waals surface area contributed by atoms with Crippen molar-refractivity contribution >= 4 is 22.7 Å². The average Bonchev–Trinajstić information content (AvgIpc) is 3.00. The largest absolute Gasteiger partial charge is 0.494 e. The number of hydrogen-bond acceptors (Lipinski definition) is 2. The summed E-state index contributed by atoms with van der Waals surface area (Å²) in [6.07, 6.45) is 1.97. The summed E-state index contributed by atoms with van der Waals surface area (Å²) < 4.78 is 7.80. The summed E-state index contributed by atoms with van der Waals surface area (Å²) in [5.74, 6) is 0.895. The van der Waals surface area contributed by atoms with Crippen LogP contribution in [0.3, 0.4) is 0 Å². The van der Waals surface area contributed by atoms with Crippen LogP contribution in [0.4, 0.5) is 5.69 Å². The van der Waals surface area contributed by atoms with Crippen LogP contribution in [0.1, 0.15) is 23.9 Å². The van der Waals surface area contributed by atoms with E-state index in [9.17, 15) is 0 Å². The number of aromatic nitrogens is 1. The molecule has 4 aromatic rings. The molecule has 0 aliphatic heterocycles. The number of nitrogens with zero attached hydrogens (tertiary/aromatic N) is 2. The number of ether oxygens (including phenoxy) is 1. The Bertz CT molecular complexity index is 1130. The fourth-order valence-electron chi connectivity index (χ4n) is 3.63. The quantitative estimate of drug-likeness (QED) is 0.375. The van der Waals surface area contributed by atoms with Crippen molar-refractivity contribution in [3.05, 3.63) is 89.7 Å². The van der Waals surface area contributed by atoms with E-state index in [1.165, 1.54) is 22.2 Å². The Morgan fingerprint density at radius 2 is 1.68 bits per heavy atom. The molecular formula is C25H24N2O. The second-order valence-electron chi connectivity index (χ2n) is 6.85. The molecule has 0 N–H and O–H groups in total. The highest BCUT2D eigenvalue weighted by Crippen LogP contribution is 2.27. The number of rotatable bonds is 5. The highest BCUT2D eigenvalue weighted by Gasteiger charge is 2.10. The molecule has 28 heavy (non-hydrogen) atoms. The number of fused-ring (bicyclic) bond motifs is 1. The smallest absolute Gasteiger partial charge is 0.119 e. The van der Waals surface area contributed by atoms with Gasteiger partial charge in [0.05, 0.1) is 12.3 Å². The molecule has 0 fully saturated rings. The second-order valence-corrected chi connectivity index (χ2v) is 6.85. The molecule has 1 heterocycles. The molecule has 3 nitrogen and oxygen atoms in total. The molecule has 140 valence electrons. The Hall–Kier alpha value is -3.33. The number of benzene rings is 3. The van der Waals surface area contributed by atoms with Gasteiger partial charge in [-0.1, -0.05) is 36.4 Å². The molecule has 4 rings (SSSR count). The van der Waals surface area contributed by atoms with Crippen LogP contribution in [0.15, 0.2) is 77.8 Å². The van der Waals surface area contributed by atoms with Gasteiger partial charge in [0.1, 0.15) is 5.75 Å². The van der Waals surface area contributed by atoms with Gasteiger partial charge in [0.2, 0.25) is 0 Å². The van der Waals surface area contributed by atoms with Crippen LogP contribution in [0.2, 0.25) is 0 Å². The fraction of sp³-hybridized carbons (Fsp3) is 0.160. The maximum atomic E-state index is 5.55. The fourth-order valence-corrected chi connectivity index (χ4v) is 3.63. The molecule has 0 atom stereocenters. The molecule has 0 amide bonds. The first-order valence-corrected chi connectivity index (χ1v) is 9.61. The third-order valence-corrected chi connectivity index (χ3v) is 4.99. The third-order valence-electron chi connectivity index (χ3n) is 4.99. The van der Waals surface area contributed by atoms with Crippen LogP contribution in [-0.2, 0) is 0 Å². The maximum Gasteiger partial charge on any atom is 0.119 e. The summed E-state index contributed by atoms with van der Waals surface area (Å²) in [5.41, 5.74) is 5.60. The van der Waals surface area contributed by atoms with Crippen LogP contribution in [0.25, 0.3) is 16.5 Å². The predicted octanol–water partition coefficient (Wildman–Crippen LogP) is 6.40. The van der Waals surface area contributed by atoms with Crippen molar-refractivity contribution in [3.8, 4) is 11.4 Å². The second kappa shape index (κ2) is 7.73. The molecular weight excluding hydrogens is 344 g/mol. The van der Waals surface area contributed by atoms with Gasteiger partial charge in [0, 0.05) is 34.2 Å². The normalized spacial score (nSPS) is 11.4. The molecule has 1 aromatic heterocycles. The van der Waals surface area contributed by atoms with E-state index >= 15 is 0 Å². The number of aliphatic imine (C=N–C) groups is 1. The van der Waals surface area contributed by atoms with Crippen molar-refractivity contribution in [2.45, 2.75) is 20.8 Å². The minimum Gasteiger partial charge on any atom is -0.494 e. The van der Waals surface area contributed by atoms with Crippen molar-refractivity contribution in [2.75, 3.05) is 6.61 Å². The van der Waals surface area contributed by atoms with E-state index < -0.39 is 0 Å². The molecule has 0 unspecified atom stereocenters. The zero-order chi connectivity index (χ0) is 19.5. The van der Waals surface area contributed by atoms with Gasteiger partial charge in [-0.2, -0.15) is 0 Å². The van der Waals surface area contributed by atoms with Gasteiger partial charge in [-0.3, -0.25) is 4.99 Å². The van der Waals surface area contributed by atoms with E-state index in [1.807, 2.05) is 25.3 Å². The van der Waals surface area contributed by atoms with Crippen LogP contribution in [-0.4, -0.2) is 17.4 Å². The molecule has 0 saturated heterocycles. The molecule has 0 spiro atoms. The van der Waals surface area contributed by atoms with Gasteiger partial charge < -0.3 is 9.30 Å². The average molecular weight is 368 g/mol. The summed E-state index contributed by atoms with van der Waals surface area (Å²) in [5, 5.41) is 2.37. The van der Waals surface area contributed by atoms with E-state index in [0.717, 1.165) is 22.7 Å². The van der Waals surface area contributed by atoms with Gasteiger partial charge in [0.15, 0.2) is 0 Å². The lowest BCUT2D eigenvalue weighted by Crippen LogP contribution is -2.00. The zero-order valence-corrected chi connectivity index (χ0v) is 16.5. The first-order chi connectivity index (χ1) is 13.7. The summed E-state index contributed by atoms with van der Waals surface area (Å²) in [6, 6.07) is 25.0. The van der Waals surface area contributed by atoms with Gasteiger partial charge >= 0.3 is 0 Å². The van der Waals surface area contributed by atoms with E-state index in [4.69, 9.17) is 9.73 Å². The van der Waals surface area contributed by atoms with Gasteiger partial charge in [-0.15, -0.1) is 0 Å². The summed E-state index contributed by atoms with van der Waals surface area (Å²) in [4.78, 5) is 4.79. The first kappa shape index (κ1) is 18.1. The van der Waals surface area contributed by atoms with Crippen LogP contribution in [0.5, 0.6) is 5.75 Å². The molecule has 3 heteroatoms. The highest BCUT2D eigenvalue weighted by atomic mass is 16.5. The Morgan fingerprint density at radius 1 is 0.929 bits per heavy atom. The topological polar surface area (TPSA) is 26.5 Å². The van der Waals surface area contributed by atoms with Gasteiger partial charge in [-0.25, -0.2) is 0 Å². The van der Waals surface area contributed by atoms with E-state index in [1.54, 1.807) is 0 Å². The summed E-state index contributed by atoms with van der Waals surface area (Å²) >= 11 is 0. The van der Waals surface area contributed by atoms with Crippen molar-refractivity contribution in [2.24, 2.45) is 4.99 Å². The van der Waals surface area contributed by atoms with Crippen LogP contribution >= 0.6 is 0 Å². The van der Waals surface area contributed by atoms with Crippen LogP contribution < -0.4 is 4.74 Å². The standard InChI is InChI=1S/C25H24N2O/c1-4-28-23-14-12-22(13-15-23)27-18(2)16-21(19(27)3)17-26-25-11-7-9-20-8-5-6-10-24(20)25/h5-17H,4H2,1-3H3. The third kappa shape index (κ3) is 3.44. The minimum absolute atomic E-state index is 0.676. The monoisotopic (exact) mass is 368 g/mol. The van der Waals surface area contributed by atoms with E-state index in [2.05, 4.69) is 79.1 Å². The lowest BCUT2D eigenvalue weighted by Gasteiger charge is -2.11. The minimum atomic E-state index is 0.676. The molecule has 3 aromatic carbocycles. The predicted molar refractivity (Wildman–Crippen MR) is 118 cm³/mol. The molecule has 0 radical (unpaired) electrons. The molecule has 0 saturated carbocycles. The van der Waals surface area contributed by atoms with E-state index in [-0.39, 0.29) is 0 Å². The first-order valence-electron chi connectivity index (χ1n) is 9.61. The molecule has 0 aliphatic rings. The Labute approximate surface area is 165 Å². The summed E-state index contributed by atoms with van der Waals surface area (Å²) in [7, 11) is 0. The Kier molecular flexibility index (Phi) is 4.98. The van der Waals surface area contributed by atoms with Crippen molar-refractivity contribution in [1.29, 1.82) is 0 Å².